The number of nitrogens with zero attached hydrogens (tertiary/aromatic N) is 1. The molecular formula is C15H15FN2O4S. The Morgan fingerprint density at radius 1 is 1.35 bits per heavy atom. The fourth-order valence-corrected chi connectivity index (χ4v) is 3.58. The minimum Gasteiger partial charge on any atom is -0.493 e. The van der Waals surface area contributed by atoms with Gasteiger partial charge in [-0.05, 0) is 24.3 Å². The molecule has 23 heavy (non-hydrogen) atoms. The number of sulfonamides is 1. The first-order chi connectivity index (χ1) is 11.0. The molecule has 0 amide bonds. The van der Waals surface area contributed by atoms with E-state index in [-0.39, 0.29) is 4.90 Å². The van der Waals surface area contributed by atoms with Crippen LogP contribution in [-0.4, -0.2) is 27.1 Å². The lowest BCUT2D eigenvalue weighted by Gasteiger charge is -2.26. The van der Waals surface area contributed by atoms with E-state index in [1.54, 1.807) is 0 Å². The fourth-order valence-electron chi connectivity index (χ4n) is 2.39. The summed E-state index contributed by atoms with van der Waals surface area (Å²) in [5.41, 5.74) is 0.487. The number of fused-ring (bicyclic) bond motifs is 1. The molecule has 0 radical (unpaired) electrons. The zero-order valence-electron chi connectivity index (χ0n) is 12.3. The van der Waals surface area contributed by atoms with E-state index in [9.17, 15) is 12.8 Å². The van der Waals surface area contributed by atoms with Gasteiger partial charge in [-0.2, -0.15) is 0 Å². The van der Waals surface area contributed by atoms with Crippen molar-refractivity contribution in [1.29, 1.82) is 0 Å². The van der Waals surface area contributed by atoms with Crippen molar-refractivity contribution in [2.75, 3.05) is 13.7 Å². The van der Waals surface area contributed by atoms with Gasteiger partial charge in [0, 0.05) is 18.1 Å². The average Bonchev–Trinajstić information content (AvgIpc) is 2.55. The predicted molar refractivity (Wildman–Crippen MR) is 80.4 cm³/mol. The number of hydrogen-bond acceptors (Lipinski definition) is 5. The number of halogens is 1. The van der Waals surface area contributed by atoms with Gasteiger partial charge in [0.05, 0.1) is 26.0 Å². The lowest BCUT2D eigenvalue weighted by atomic mass is 10.0. The van der Waals surface area contributed by atoms with Crippen LogP contribution in [0.15, 0.2) is 41.4 Å². The summed E-state index contributed by atoms with van der Waals surface area (Å²) in [6.07, 6.45) is 1.63. The first-order valence-corrected chi connectivity index (χ1v) is 8.42. The van der Waals surface area contributed by atoms with Crippen molar-refractivity contribution in [1.82, 2.24) is 9.71 Å². The number of nitrogens with one attached hydrogen (secondary N) is 1. The molecule has 0 aliphatic carbocycles. The van der Waals surface area contributed by atoms with Gasteiger partial charge in [-0.15, -0.1) is 0 Å². The van der Waals surface area contributed by atoms with E-state index in [0.717, 1.165) is 0 Å². The monoisotopic (exact) mass is 338 g/mol. The molecule has 0 fully saturated rings. The van der Waals surface area contributed by atoms with Gasteiger partial charge in [0.25, 0.3) is 0 Å². The summed E-state index contributed by atoms with van der Waals surface area (Å²) in [4.78, 5) is 3.91. The molecule has 122 valence electrons. The normalized spacial score (nSPS) is 17.2. The van der Waals surface area contributed by atoms with E-state index < -0.39 is 21.9 Å². The number of benzene rings is 1. The highest BCUT2D eigenvalue weighted by Crippen LogP contribution is 2.33. The Morgan fingerprint density at radius 2 is 2.17 bits per heavy atom. The Hall–Kier alpha value is -2.19. The van der Waals surface area contributed by atoms with Crippen molar-refractivity contribution in [3.63, 3.8) is 0 Å². The van der Waals surface area contributed by atoms with E-state index in [1.165, 1.54) is 43.6 Å². The Labute approximate surface area is 133 Å². The second-order valence-electron chi connectivity index (χ2n) is 5.03. The van der Waals surface area contributed by atoms with E-state index >= 15 is 0 Å². The zero-order valence-corrected chi connectivity index (χ0v) is 13.1. The second kappa shape index (κ2) is 6.13. The van der Waals surface area contributed by atoms with Gasteiger partial charge >= 0.3 is 0 Å². The third-order valence-electron chi connectivity index (χ3n) is 3.54. The number of rotatable bonds is 4. The molecule has 1 N–H and O–H groups in total. The molecule has 2 heterocycles. The number of methoxy groups -OCH3 is 1. The maximum absolute atomic E-state index is 13.5. The van der Waals surface area contributed by atoms with Gasteiger partial charge in [-0.1, -0.05) is 0 Å². The number of hydrogen-bond donors (Lipinski definition) is 1. The minimum absolute atomic E-state index is 0.0164. The lowest BCUT2D eigenvalue weighted by molar-refractivity contribution is 0.262. The Morgan fingerprint density at radius 3 is 2.87 bits per heavy atom. The van der Waals surface area contributed by atoms with Crippen LogP contribution in [0, 0.1) is 5.82 Å². The van der Waals surface area contributed by atoms with Gasteiger partial charge in [0.15, 0.2) is 0 Å². The van der Waals surface area contributed by atoms with Crippen molar-refractivity contribution in [2.45, 2.75) is 17.4 Å². The maximum Gasteiger partial charge on any atom is 0.242 e. The third-order valence-corrected chi connectivity index (χ3v) is 4.99. The van der Waals surface area contributed by atoms with Crippen LogP contribution in [0.25, 0.3) is 0 Å². The fraction of sp³-hybridized carbons (Fsp3) is 0.267. The quantitative estimate of drug-likeness (QED) is 0.923. The summed E-state index contributed by atoms with van der Waals surface area (Å²) in [6.45, 7) is 0.354. The molecule has 1 aliphatic rings. The van der Waals surface area contributed by atoms with Crippen LogP contribution in [0.1, 0.15) is 18.0 Å². The second-order valence-corrected chi connectivity index (χ2v) is 6.74. The van der Waals surface area contributed by atoms with Crippen LogP contribution in [0.3, 0.4) is 0 Å². The highest BCUT2D eigenvalue weighted by Gasteiger charge is 2.27. The molecule has 0 saturated heterocycles. The van der Waals surface area contributed by atoms with Crippen LogP contribution < -0.4 is 14.2 Å². The van der Waals surface area contributed by atoms with Crippen LogP contribution in [0.5, 0.6) is 11.6 Å². The SMILES string of the molecule is COc1ccc(S(=O)(=O)N[C@H]2CCOc3ccc(F)cc32)cn1. The van der Waals surface area contributed by atoms with Crippen molar-refractivity contribution < 1.29 is 22.3 Å². The number of pyridine rings is 1. The first kappa shape index (κ1) is 15.7. The topological polar surface area (TPSA) is 77.5 Å². The summed E-state index contributed by atoms with van der Waals surface area (Å²) >= 11 is 0. The van der Waals surface area contributed by atoms with E-state index in [0.29, 0.717) is 30.2 Å². The molecule has 0 unspecified atom stereocenters. The maximum atomic E-state index is 13.5. The van der Waals surface area contributed by atoms with Crippen LogP contribution in [-0.2, 0) is 10.0 Å². The number of aromatic nitrogens is 1. The van der Waals surface area contributed by atoms with Crippen LogP contribution in [0.4, 0.5) is 4.39 Å². The van der Waals surface area contributed by atoms with E-state index in [1.807, 2.05) is 0 Å². The molecule has 0 saturated carbocycles. The summed E-state index contributed by atoms with van der Waals surface area (Å²) in [6, 6.07) is 6.38. The van der Waals surface area contributed by atoms with Gasteiger partial charge in [-0.3, -0.25) is 0 Å². The summed E-state index contributed by atoms with van der Waals surface area (Å²) in [5.74, 6) is 0.366. The molecule has 2 aromatic rings. The van der Waals surface area contributed by atoms with Crippen molar-refractivity contribution in [3.05, 3.63) is 47.9 Å². The van der Waals surface area contributed by atoms with Gasteiger partial charge in [0.1, 0.15) is 16.5 Å². The molecule has 8 heteroatoms. The van der Waals surface area contributed by atoms with Crippen LogP contribution >= 0.6 is 0 Å². The molecular weight excluding hydrogens is 323 g/mol. The molecule has 0 spiro atoms. The molecule has 3 rings (SSSR count). The molecule has 1 aromatic carbocycles. The van der Waals surface area contributed by atoms with Crippen molar-refractivity contribution in [3.8, 4) is 11.6 Å². The van der Waals surface area contributed by atoms with Crippen molar-refractivity contribution in [2.24, 2.45) is 0 Å². The molecule has 1 aromatic heterocycles. The molecule has 0 bridgehead atoms. The highest BCUT2D eigenvalue weighted by atomic mass is 32.2. The Bertz CT molecular complexity index is 809. The van der Waals surface area contributed by atoms with Gasteiger partial charge < -0.3 is 9.47 Å². The predicted octanol–water partition coefficient (Wildman–Crippen LogP) is 2.03. The third kappa shape index (κ3) is 3.27. The Kier molecular flexibility index (Phi) is 4.18. The van der Waals surface area contributed by atoms with E-state index in [2.05, 4.69) is 9.71 Å². The lowest BCUT2D eigenvalue weighted by Crippen LogP contribution is -2.32. The molecule has 1 atom stereocenters. The van der Waals surface area contributed by atoms with Gasteiger partial charge in [0.2, 0.25) is 15.9 Å². The summed E-state index contributed by atoms with van der Waals surface area (Å²) < 4.78 is 51.3. The zero-order chi connectivity index (χ0) is 16.4. The van der Waals surface area contributed by atoms with Crippen molar-refractivity contribution >= 4 is 10.0 Å². The minimum atomic E-state index is -3.79. The smallest absolute Gasteiger partial charge is 0.242 e. The standard InChI is InChI=1S/C15H15FN2O4S/c1-21-15-5-3-11(9-17-15)23(19,20)18-13-6-7-22-14-4-2-10(16)8-12(13)14/h2-5,8-9,13,18H,6-7H2,1H3/t13-/m0/s1. The molecule has 1 aliphatic heterocycles. The van der Waals surface area contributed by atoms with Crippen LogP contribution in [0.2, 0.25) is 0 Å². The van der Waals surface area contributed by atoms with E-state index in [4.69, 9.17) is 9.47 Å². The molecule has 6 nitrogen and oxygen atoms in total. The summed E-state index contributed by atoms with van der Waals surface area (Å²) in [5, 5.41) is 0. The van der Waals surface area contributed by atoms with Gasteiger partial charge in [-0.25, -0.2) is 22.5 Å². The highest BCUT2D eigenvalue weighted by molar-refractivity contribution is 7.89. The summed E-state index contributed by atoms with van der Waals surface area (Å²) in [7, 11) is -2.34. The number of ether oxygens (including phenoxy) is 2. The first-order valence-electron chi connectivity index (χ1n) is 6.94. The average molecular weight is 338 g/mol. The Balaban J connectivity index is 1.88. The largest absolute Gasteiger partial charge is 0.493 e.